The number of halogens is 2. The van der Waals surface area contributed by atoms with Crippen LogP contribution >= 0.6 is 46.9 Å². The van der Waals surface area contributed by atoms with Crippen molar-refractivity contribution < 1.29 is 4.74 Å². The van der Waals surface area contributed by atoms with Crippen molar-refractivity contribution in [1.82, 2.24) is 15.6 Å². The van der Waals surface area contributed by atoms with Crippen LogP contribution in [0.5, 0.6) is 0 Å². The van der Waals surface area contributed by atoms with Crippen molar-refractivity contribution in [3.63, 3.8) is 0 Å². The highest BCUT2D eigenvalue weighted by atomic mass is 127. The van der Waals surface area contributed by atoms with E-state index in [1.54, 1.807) is 11.3 Å². The molecule has 5 nitrogen and oxygen atoms in total. The second-order valence-corrected chi connectivity index (χ2v) is 7.83. The lowest BCUT2D eigenvalue weighted by molar-refractivity contribution is 0.0992. The molecule has 2 N–H and O–H groups in total. The predicted molar refractivity (Wildman–Crippen MR) is 114 cm³/mol. The summed E-state index contributed by atoms with van der Waals surface area (Å²) in [6, 6.07) is 6.18. The van der Waals surface area contributed by atoms with Crippen LogP contribution in [0.15, 0.2) is 23.2 Å². The van der Waals surface area contributed by atoms with E-state index in [1.165, 1.54) is 6.42 Å². The summed E-state index contributed by atoms with van der Waals surface area (Å²) in [4.78, 5) is 9.32. The summed E-state index contributed by atoms with van der Waals surface area (Å²) in [6.07, 6.45) is 4.20. The summed E-state index contributed by atoms with van der Waals surface area (Å²) in [5, 5.41) is 8.56. The van der Waals surface area contributed by atoms with Gasteiger partial charge in [-0.05, 0) is 44.4 Å². The number of benzene rings is 1. The molecule has 3 unspecified atom stereocenters. The third-order valence-electron chi connectivity index (χ3n) is 4.54. The molecular weight excluding hydrogens is 471 g/mol. The zero-order valence-electron chi connectivity index (χ0n) is 14.0. The standard InChI is InChI=1S/C17H21ClN4OS.HI/c1-2-19-17(22-12-8-11-4-5-14(12)23-11)20-9-16-21-13-7-10(18)3-6-15(13)24-16;/h3,6-7,11-12,14H,2,4-5,8-9H2,1H3,(H2,19,20,22);1H. The van der Waals surface area contributed by atoms with Crippen LogP contribution in [0.4, 0.5) is 0 Å². The molecule has 0 saturated carbocycles. The quantitative estimate of drug-likeness (QED) is 0.386. The number of aromatic nitrogens is 1. The van der Waals surface area contributed by atoms with E-state index in [2.05, 4.69) is 22.5 Å². The summed E-state index contributed by atoms with van der Waals surface area (Å²) in [6.45, 7) is 3.48. The Bertz CT molecular complexity index is 768. The lowest BCUT2D eigenvalue weighted by Crippen LogP contribution is -2.47. The number of hydrogen-bond acceptors (Lipinski definition) is 4. The highest BCUT2D eigenvalue weighted by Crippen LogP contribution is 2.34. The Labute approximate surface area is 173 Å². The minimum Gasteiger partial charge on any atom is -0.373 e. The van der Waals surface area contributed by atoms with Crippen molar-refractivity contribution >= 4 is 63.1 Å². The molecule has 3 heterocycles. The molecular formula is C17H22ClIN4OS. The van der Waals surface area contributed by atoms with Gasteiger partial charge in [0.15, 0.2) is 5.96 Å². The third kappa shape index (κ3) is 4.37. The highest BCUT2D eigenvalue weighted by molar-refractivity contribution is 14.0. The van der Waals surface area contributed by atoms with Gasteiger partial charge in [-0.25, -0.2) is 9.98 Å². The largest absolute Gasteiger partial charge is 0.373 e. The lowest BCUT2D eigenvalue weighted by atomic mass is 9.96. The van der Waals surface area contributed by atoms with Crippen LogP contribution in [-0.2, 0) is 11.3 Å². The zero-order chi connectivity index (χ0) is 16.5. The normalized spacial score (nSPS) is 25.2. The number of thiazole rings is 1. The first kappa shape index (κ1) is 19.1. The van der Waals surface area contributed by atoms with Crippen LogP contribution in [0, 0.1) is 0 Å². The Morgan fingerprint density at radius 1 is 1.44 bits per heavy atom. The number of ether oxygens (including phenoxy) is 1. The first-order chi connectivity index (χ1) is 11.7. The van der Waals surface area contributed by atoms with Gasteiger partial charge in [-0.1, -0.05) is 11.6 Å². The van der Waals surface area contributed by atoms with Crippen molar-refractivity contribution in [3.05, 3.63) is 28.2 Å². The van der Waals surface area contributed by atoms with E-state index in [0.717, 1.165) is 40.6 Å². The molecule has 3 atom stereocenters. The maximum absolute atomic E-state index is 6.03. The van der Waals surface area contributed by atoms with Crippen molar-refractivity contribution in [2.24, 2.45) is 4.99 Å². The van der Waals surface area contributed by atoms with E-state index in [4.69, 9.17) is 21.3 Å². The molecule has 0 aliphatic carbocycles. The van der Waals surface area contributed by atoms with Gasteiger partial charge in [-0.15, -0.1) is 35.3 Å². The van der Waals surface area contributed by atoms with E-state index in [1.807, 2.05) is 18.2 Å². The van der Waals surface area contributed by atoms with Gasteiger partial charge in [0, 0.05) is 11.6 Å². The third-order valence-corrected chi connectivity index (χ3v) is 5.79. The van der Waals surface area contributed by atoms with Gasteiger partial charge in [0.05, 0.1) is 35.0 Å². The van der Waals surface area contributed by atoms with Gasteiger partial charge in [0.25, 0.3) is 0 Å². The monoisotopic (exact) mass is 492 g/mol. The predicted octanol–water partition coefficient (Wildman–Crippen LogP) is 3.94. The van der Waals surface area contributed by atoms with E-state index in [9.17, 15) is 0 Å². The topological polar surface area (TPSA) is 58.5 Å². The van der Waals surface area contributed by atoms with Crippen LogP contribution in [0.2, 0.25) is 5.02 Å². The number of nitrogens with zero attached hydrogens (tertiary/aromatic N) is 2. The molecule has 8 heteroatoms. The average Bonchev–Trinajstić information content (AvgIpc) is 3.27. The van der Waals surface area contributed by atoms with E-state index in [0.29, 0.717) is 29.8 Å². The molecule has 2 fully saturated rings. The van der Waals surface area contributed by atoms with Crippen molar-refractivity contribution in [2.75, 3.05) is 6.54 Å². The first-order valence-corrected chi connectivity index (χ1v) is 9.66. The molecule has 2 aliphatic heterocycles. The Morgan fingerprint density at radius 3 is 3.04 bits per heavy atom. The lowest BCUT2D eigenvalue weighted by Gasteiger charge is -2.22. The molecule has 25 heavy (non-hydrogen) atoms. The summed E-state index contributed by atoms with van der Waals surface area (Å²) >= 11 is 7.69. The smallest absolute Gasteiger partial charge is 0.191 e. The zero-order valence-corrected chi connectivity index (χ0v) is 17.9. The van der Waals surface area contributed by atoms with Crippen molar-refractivity contribution in [3.8, 4) is 0 Å². The molecule has 2 saturated heterocycles. The fraction of sp³-hybridized carbons (Fsp3) is 0.529. The number of fused-ring (bicyclic) bond motifs is 3. The molecule has 0 amide bonds. The van der Waals surface area contributed by atoms with Crippen LogP contribution in [0.3, 0.4) is 0 Å². The Kier molecular flexibility index (Phi) is 6.40. The Hall–Kier alpha value is -0.640. The van der Waals surface area contributed by atoms with Gasteiger partial charge in [0.2, 0.25) is 0 Å². The van der Waals surface area contributed by atoms with Crippen molar-refractivity contribution in [2.45, 2.75) is 51.0 Å². The number of hydrogen-bond donors (Lipinski definition) is 2. The Morgan fingerprint density at radius 2 is 2.32 bits per heavy atom. The maximum atomic E-state index is 6.03. The molecule has 2 bridgehead atoms. The minimum absolute atomic E-state index is 0. The maximum Gasteiger partial charge on any atom is 0.191 e. The summed E-state index contributed by atoms with van der Waals surface area (Å²) in [5.74, 6) is 0.843. The summed E-state index contributed by atoms with van der Waals surface area (Å²) in [7, 11) is 0. The van der Waals surface area contributed by atoms with Crippen LogP contribution in [0.1, 0.15) is 31.2 Å². The fourth-order valence-electron chi connectivity index (χ4n) is 3.45. The van der Waals surface area contributed by atoms with Gasteiger partial charge < -0.3 is 15.4 Å². The highest BCUT2D eigenvalue weighted by Gasteiger charge is 2.41. The van der Waals surface area contributed by atoms with E-state index >= 15 is 0 Å². The average molecular weight is 493 g/mol. The second-order valence-electron chi connectivity index (χ2n) is 6.28. The van der Waals surface area contributed by atoms with Crippen molar-refractivity contribution in [1.29, 1.82) is 0 Å². The number of nitrogens with one attached hydrogen (secondary N) is 2. The molecule has 0 radical (unpaired) electrons. The fourth-order valence-corrected chi connectivity index (χ4v) is 4.49. The number of guanidine groups is 1. The molecule has 1 aromatic heterocycles. The number of rotatable bonds is 4. The first-order valence-electron chi connectivity index (χ1n) is 8.46. The van der Waals surface area contributed by atoms with Crippen LogP contribution in [-0.4, -0.2) is 35.7 Å². The number of aliphatic imine (C=N–C) groups is 1. The molecule has 2 aliphatic rings. The minimum atomic E-state index is 0. The molecule has 1 aromatic carbocycles. The van der Waals surface area contributed by atoms with E-state index < -0.39 is 0 Å². The SMILES string of the molecule is CCNC(=NCc1nc2cc(Cl)ccc2s1)NC1CC2CCC1O2.I. The molecule has 2 aromatic rings. The van der Waals surface area contributed by atoms with Gasteiger partial charge in [-0.2, -0.15) is 0 Å². The van der Waals surface area contributed by atoms with Gasteiger partial charge >= 0.3 is 0 Å². The molecule has 136 valence electrons. The van der Waals surface area contributed by atoms with Crippen LogP contribution < -0.4 is 10.6 Å². The molecule has 4 rings (SSSR count). The van der Waals surface area contributed by atoms with E-state index in [-0.39, 0.29) is 24.0 Å². The Balaban J connectivity index is 0.00000182. The summed E-state index contributed by atoms with van der Waals surface area (Å²) in [5.41, 5.74) is 0.942. The van der Waals surface area contributed by atoms with Crippen LogP contribution in [0.25, 0.3) is 10.2 Å². The summed E-state index contributed by atoms with van der Waals surface area (Å²) < 4.78 is 7.05. The molecule has 0 spiro atoms. The second kappa shape index (κ2) is 8.37. The van der Waals surface area contributed by atoms with Gasteiger partial charge in [-0.3, -0.25) is 0 Å². The van der Waals surface area contributed by atoms with Gasteiger partial charge in [0.1, 0.15) is 5.01 Å².